The van der Waals surface area contributed by atoms with Crippen molar-refractivity contribution in [3.05, 3.63) is 83.1 Å². The van der Waals surface area contributed by atoms with Crippen LogP contribution in [0.3, 0.4) is 0 Å². The molecule has 0 aliphatic heterocycles. The summed E-state index contributed by atoms with van der Waals surface area (Å²) in [5, 5.41) is 10.5. The first kappa shape index (κ1) is 21.5. The molecule has 0 aliphatic carbocycles. The summed E-state index contributed by atoms with van der Waals surface area (Å²) >= 11 is 0. The number of aromatic nitrogens is 2. The second-order valence-corrected chi connectivity index (χ2v) is 6.54. The van der Waals surface area contributed by atoms with Gasteiger partial charge in [-0.25, -0.2) is 0 Å². The van der Waals surface area contributed by atoms with Crippen LogP contribution in [-0.4, -0.2) is 23.2 Å². The number of alkyl halides is 3. The van der Waals surface area contributed by atoms with E-state index in [0.29, 0.717) is 5.56 Å². The average Bonchev–Trinajstić information content (AvgIpc) is 3.20. The third-order valence-corrected chi connectivity index (χ3v) is 4.35. The van der Waals surface area contributed by atoms with Crippen LogP contribution in [-0.2, 0) is 28.7 Å². The largest absolute Gasteiger partial charge is 0.422 e. The lowest BCUT2D eigenvalue weighted by molar-refractivity contribution is -0.137. The first-order valence-corrected chi connectivity index (χ1v) is 9.19. The topological polar surface area (TPSA) is 77.2 Å². The quantitative estimate of drug-likeness (QED) is 0.596. The van der Waals surface area contributed by atoms with Gasteiger partial charge < -0.3 is 14.5 Å². The summed E-state index contributed by atoms with van der Waals surface area (Å²) < 4.78 is 49.3. The van der Waals surface area contributed by atoms with Crippen molar-refractivity contribution in [3.63, 3.8) is 0 Å². The van der Waals surface area contributed by atoms with Crippen LogP contribution in [0.4, 0.5) is 13.2 Å². The van der Waals surface area contributed by atoms with Crippen LogP contribution >= 0.6 is 0 Å². The second kappa shape index (κ2) is 9.53. The van der Waals surface area contributed by atoms with Crippen molar-refractivity contribution in [1.82, 2.24) is 15.5 Å². The maximum Gasteiger partial charge on any atom is 0.416 e. The second-order valence-electron chi connectivity index (χ2n) is 6.54. The molecule has 30 heavy (non-hydrogen) atoms. The standard InChI is InChI=1S/C21H20F3N3O3/c1-29-19(15-7-3-2-4-8-15)20-27-26-18(30-20)11-10-17(28)25-13-14-6-5-9-16(12-14)21(22,23)24/h2-9,12,19H,10-11,13H2,1H3,(H,25,28)/t19-/m1/s1. The summed E-state index contributed by atoms with van der Waals surface area (Å²) in [6.07, 6.45) is -4.67. The number of rotatable bonds is 8. The lowest BCUT2D eigenvalue weighted by atomic mass is 10.1. The summed E-state index contributed by atoms with van der Waals surface area (Å²) in [7, 11) is 1.53. The van der Waals surface area contributed by atoms with E-state index < -0.39 is 17.8 Å². The number of amides is 1. The van der Waals surface area contributed by atoms with Crippen LogP contribution in [0.2, 0.25) is 0 Å². The number of methoxy groups -OCH3 is 1. The summed E-state index contributed by atoms with van der Waals surface area (Å²) in [5.74, 6) is 0.221. The zero-order chi connectivity index (χ0) is 21.6. The van der Waals surface area contributed by atoms with Crippen molar-refractivity contribution >= 4 is 5.91 Å². The number of halogens is 3. The molecule has 1 atom stereocenters. The zero-order valence-electron chi connectivity index (χ0n) is 16.1. The Morgan fingerprint density at radius 1 is 1.13 bits per heavy atom. The van der Waals surface area contributed by atoms with E-state index in [9.17, 15) is 18.0 Å². The minimum Gasteiger partial charge on any atom is -0.422 e. The number of aryl methyl sites for hydroxylation is 1. The Labute approximate surface area is 171 Å². The molecule has 0 radical (unpaired) electrons. The van der Waals surface area contributed by atoms with Gasteiger partial charge in [-0.1, -0.05) is 42.5 Å². The maximum atomic E-state index is 12.7. The zero-order valence-corrected chi connectivity index (χ0v) is 16.1. The van der Waals surface area contributed by atoms with E-state index in [0.717, 1.165) is 17.7 Å². The Balaban J connectivity index is 1.52. The van der Waals surface area contributed by atoms with Crippen LogP contribution in [0.25, 0.3) is 0 Å². The molecule has 0 unspecified atom stereocenters. The molecule has 0 saturated carbocycles. The van der Waals surface area contributed by atoms with Gasteiger partial charge in [0.15, 0.2) is 6.10 Å². The number of nitrogens with one attached hydrogen (secondary N) is 1. The normalized spacial score (nSPS) is 12.5. The molecule has 9 heteroatoms. The highest BCUT2D eigenvalue weighted by Gasteiger charge is 2.30. The predicted molar refractivity (Wildman–Crippen MR) is 101 cm³/mol. The molecule has 0 saturated heterocycles. The van der Waals surface area contributed by atoms with E-state index in [1.807, 2.05) is 30.3 Å². The fourth-order valence-corrected chi connectivity index (χ4v) is 2.85. The van der Waals surface area contributed by atoms with Gasteiger partial charge in [-0.2, -0.15) is 13.2 Å². The average molecular weight is 419 g/mol. The molecule has 3 aromatic rings. The molecule has 1 heterocycles. The minimum atomic E-state index is -4.42. The lowest BCUT2D eigenvalue weighted by Gasteiger charge is -2.10. The lowest BCUT2D eigenvalue weighted by Crippen LogP contribution is -2.23. The molecule has 0 fully saturated rings. The van der Waals surface area contributed by atoms with Crippen molar-refractivity contribution in [2.24, 2.45) is 0 Å². The third kappa shape index (κ3) is 5.66. The van der Waals surface area contributed by atoms with Gasteiger partial charge in [0.1, 0.15) is 0 Å². The van der Waals surface area contributed by atoms with E-state index in [1.54, 1.807) is 0 Å². The van der Waals surface area contributed by atoms with Gasteiger partial charge in [0, 0.05) is 26.5 Å². The smallest absolute Gasteiger partial charge is 0.416 e. The highest BCUT2D eigenvalue weighted by Crippen LogP contribution is 2.29. The molecule has 6 nitrogen and oxygen atoms in total. The number of hydrogen-bond acceptors (Lipinski definition) is 5. The summed E-state index contributed by atoms with van der Waals surface area (Å²) in [6.45, 7) is -0.00239. The molecule has 1 aromatic heterocycles. The maximum absolute atomic E-state index is 12.7. The number of benzene rings is 2. The SMILES string of the molecule is CO[C@H](c1ccccc1)c1nnc(CCC(=O)NCc2cccc(C(F)(F)F)c2)o1. The van der Waals surface area contributed by atoms with E-state index in [2.05, 4.69) is 15.5 Å². The van der Waals surface area contributed by atoms with E-state index in [-0.39, 0.29) is 37.1 Å². The number of nitrogens with zero attached hydrogens (tertiary/aromatic N) is 2. The van der Waals surface area contributed by atoms with Crippen molar-refractivity contribution in [3.8, 4) is 0 Å². The van der Waals surface area contributed by atoms with Crippen LogP contribution in [0.5, 0.6) is 0 Å². The fraction of sp³-hybridized carbons (Fsp3) is 0.286. The Hall–Kier alpha value is -3.20. The van der Waals surface area contributed by atoms with Crippen LogP contribution in [0, 0.1) is 0 Å². The monoisotopic (exact) mass is 419 g/mol. The van der Waals surface area contributed by atoms with Gasteiger partial charge in [0.2, 0.25) is 17.7 Å². The van der Waals surface area contributed by atoms with Gasteiger partial charge in [0.25, 0.3) is 0 Å². The molecule has 2 aromatic carbocycles. The number of hydrogen-bond donors (Lipinski definition) is 1. The molecule has 0 spiro atoms. The number of carbonyl (C=O) groups is 1. The van der Waals surface area contributed by atoms with Gasteiger partial charge >= 0.3 is 6.18 Å². The minimum absolute atomic E-state index is 0.00239. The van der Waals surface area contributed by atoms with Crippen LogP contribution in [0.15, 0.2) is 59.0 Å². The van der Waals surface area contributed by atoms with Crippen molar-refractivity contribution < 1.29 is 27.1 Å². The summed E-state index contributed by atoms with van der Waals surface area (Å²) in [6, 6.07) is 14.2. The molecule has 3 rings (SSSR count). The Bertz CT molecular complexity index is 974. The van der Waals surface area contributed by atoms with Crippen molar-refractivity contribution in [2.75, 3.05) is 7.11 Å². The van der Waals surface area contributed by atoms with Crippen LogP contribution in [0.1, 0.15) is 41.0 Å². The first-order chi connectivity index (χ1) is 14.4. The molecule has 158 valence electrons. The van der Waals surface area contributed by atoms with Gasteiger partial charge in [-0.05, 0) is 23.3 Å². The van der Waals surface area contributed by atoms with Crippen LogP contribution < -0.4 is 5.32 Å². The van der Waals surface area contributed by atoms with E-state index in [1.165, 1.54) is 19.2 Å². The van der Waals surface area contributed by atoms with E-state index in [4.69, 9.17) is 9.15 Å². The molecule has 1 amide bonds. The van der Waals surface area contributed by atoms with Gasteiger partial charge in [-0.15, -0.1) is 10.2 Å². The fourth-order valence-electron chi connectivity index (χ4n) is 2.85. The number of ether oxygens (including phenoxy) is 1. The van der Waals surface area contributed by atoms with Crippen molar-refractivity contribution in [2.45, 2.75) is 31.7 Å². The predicted octanol–water partition coefficient (Wildman–Crippen LogP) is 4.07. The molecular formula is C21H20F3N3O3. The highest BCUT2D eigenvalue weighted by atomic mass is 19.4. The summed E-state index contributed by atoms with van der Waals surface area (Å²) in [5.41, 5.74) is 0.469. The highest BCUT2D eigenvalue weighted by molar-refractivity contribution is 5.76. The van der Waals surface area contributed by atoms with E-state index >= 15 is 0 Å². The molecule has 1 N–H and O–H groups in total. The van der Waals surface area contributed by atoms with Gasteiger partial charge in [0.05, 0.1) is 5.56 Å². The Morgan fingerprint density at radius 3 is 2.60 bits per heavy atom. The van der Waals surface area contributed by atoms with Crippen molar-refractivity contribution in [1.29, 1.82) is 0 Å². The number of carbonyl (C=O) groups excluding carboxylic acids is 1. The first-order valence-electron chi connectivity index (χ1n) is 9.19. The molecule has 0 bridgehead atoms. The summed E-state index contributed by atoms with van der Waals surface area (Å²) in [4.78, 5) is 12.0. The third-order valence-electron chi connectivity index (χ3n) is 4.35. The Morgan fingerprint density at radius 2 is 1.90 bits per heavy atom. The van der Waals surface area contributed by atoms with Gasteiger partial charge in [-0.3, -0.25) is 4.79 Å². The Kier molecular flexibility index (Phi) is 6.83. The molecule has 0 aliphatic rings. The molecular weight excluding hydrogens is 399 g/mol.